The Hall–Kier alpha value is -0.790. The van der Waals surface area contributed by atoms with Crippen molar-refractivity contribution in [2.75, 3.05) is 24.6 Å². The van der Waals surface area contributed by atoms with E-state index in [-0.39, 0.29) is 19.2 Å². The van der Waals surface area contributed by atoms with E-state index in [2.05, 4.69) is 15.9 Å². The van der Waals surface area contributed by atoms with Crippen LogP contribution in [0.25, 0.3) is 0 Å². The number of anilines is 1. The van der Waals surface area contributed by atoms with Crippen molar-refractivity contribution in [1.82, 2.24) is 0 Å². The first-order valence-electron chi connectivity index (χ1n) is 5.72. The van der Waals surface area contributed by atoms with Crippen molar-refractivity contribution < 1.29 is 18.3 Å². The molecule has 0 heterocycles. The Morgan fingerprint density at radius 3 is 2.47 bits per heavy atom. The number of nitrogens with zero attached hydrogens (tertiary/aromatic N) is 1. The highest BCUT2D eigenvalue weighted by atomic mass is 79.9. The number of aliphatic hydroxyl groups is 1. The van der Waals surface area contributed by atoms with Crippen molar-refractivity contribution in [3.8, 4) is 0 Å². The molecule has 0 aliphatic heterocycles. The lowest BCUT2D eigenvalue weighted by atomic mass is 10.1. The fourth-order valence-corrected chi connectivity index (χ4v) is 2.45. The summed E-state index contributed by atoms with van der Waals surface area (Å²) in [5.74, 6) is 0. The molecule has 3 nitrogen and oxygen atoms in total. The van der Waals surface area contributed by atoms with Gasteiger partial charge >= 0.3 is 6.18 Å². The van der Waals surface area contributed by atoms with Crippen molar-refractivity contribution in [3.05, 3.63) is 28.2 Å². The van der Waals surface area contributed by atoms with E-state index in [4.69, 9.17) is 10.8 Å². The van der Waals surface area contributed by atoms with Crippen molar-refractivity contribution in [2.45, 2.75) is 19.1 Å². The van der Waals surface area contributed by atoms with Crippen LogP contribution in [0.3, 0.4) is 0 Å². The molecule has 0 saturated heterocycles. The molecule has 0 bridgehead atoms. The first kappa shape index (κ1) is 16.3. The lowest BCUT2D eigenvalue weighted by molar-refractivity contribution is -0.119. The summed E-state index contributed by atoms with van der Waals surface area (Å²) in [6.07, 6.45) is -4.32. The van der Waals surface area contributed by atoms with Gasteiger partial charge in [0.15, 0.2) is 0 Å². The third-order valence-corrected chi connectivity index (χ3v) is 3.27. The average molecular weight is 341 g/mol. The molecular weight excluding hydrogens is 325 g/mol. The number of alkyl halides is 3. The first-order valence-corrected chi connectivity index (χ1v) is 6.51. The van der Waals surface area contributed by atoms with Crippen molar-refractivity contribution in [1.29, 1.82) is 0 Å². The molecule has 3 N–H and O–H groups in total. The van der Waals surface area contributed by atoms with E-state index in [1.165, 1.54) is 0 Å². The molecular formula is C12H16BrF3N2O. The molecule has 19 heavy (non-hydrogen) atoms. The van der Waals surface area contributed by atoms with Gasteiger partial charge in [0.05, 0.1) is 6.61 Å². The number of aliphatic hydroxyl groups excluding tert-OH is 1. The summed E-state index contributed by atoms with van der Waals surface area (Å²) in [5, 5.41) is 8.87. The van der Waals surface area contributed by atoms with Crippen LogP contribution in [0.15, 0.2) is 22.7 Å². The van der Waals surface area contributed by atoms with Gasteiger partial charge in [-0.3, -0.25) is 0 Å². The van der Waals surface area contributed by atoms with Crippen LogP contribution < -0.4 is 10.6 Å². The molecule has 0 spiro atoms. The highest BCUT2D eigenvalue weighted by Crippen LogP contribution is 2.29. The van der Waals surface area contributed by atoms with E-state index in [0.717, 1.165) is 10.5 Å². The molecule has 7 heteroatoms. The Morgan fingerprint density at radius 2 is 2.05 bits per heavy atom. The average Bonchev–Trinajstić information content (AvgIpc) is 2.26. The highest BCUT2D eigenvalue weighted by Gasteiger charge is 2.30. The Kier molecular flexibility index (Phi) is 5.64. The van der Waals surface area contributed by atoms with Crippen molar-refractivity contribution in [2.24, 2.45) is 5.73 Å². The minimum Gasteiger partial charge on any atom is -0.395 e. The van der Waals surface area contributed by atoms with Crippen LogP contribution in [0.5, 0.6) is 0 Å². The van der Waals surface area contributed by atoms with E-state index < -0.39 is 12.7 Å². The van der Waals surface area contributed by atoms with Crippen LogP contribution in [0.4, 0.5) is 18.9 Å². The molecule has 0 saturated carbocycles. The standard InChI is InChI=1S/C12H16BrF3N2O/c1-8(17)10-3-2-9(6-11(10)13)18(4-5-19)7-12(14,15)16/h2-3,6,8,19H,4-5,7,17H2,1H3/t8-/m0/s1. The third kappa shape index (κ3) is 5.00. The predicted molar refractivity (Wildman–Crippen MR) is 72.1 cm³/mol. The molecule has 0 amide bonds. The SMILES string of the molecule is C[C@H](N)c1ccc(N(CCO)CC(F)(F)F)cc1Br. The fourth-order valence-electron chi connectivity index (χ4n) is 1.72. The molecule has 0 radical (unpaired) electrons. The minimum atomic E-state index is -4.32. The monoisotopic (exact) mass is 340 g/mol. The molecule has 1 aromatic rings. The van der Waals surface area contributed by atoms with Gasteiger partial charge in [-0.1, -0.05) is 22.0 Å². The van der Waals surface area contributed by atoms with Gasteiger partial charge in [-0.2, -0.15) is 13.2 Å². The Morgan fingerprint density at radius 1 is 1.42 bits per heavy atom. The van der Waals surface area contributed by atoms with Crippen molar-refractivity contribution in [3.63, 3.8) is 0 Å². The van der Waals surface area contributed by atoms with Gasteiger partial charge < -0.3 is 15.7 Å². The van der Waals surface area contributed by atoms with Crippen LogP contribution in [-0.2, 0) is 0 Å². The fraction of sp³-hybridized carbons (Fsp3) is 0.500. The van der Waals surface area contributed by atoms with Gasteiger partial charge in [0, 0.05) is 22.7 Å². The Balaban J connectivity index is 3.00. The summed E-state index contributed by atoms with van der Waals surface area (Å²) in [4.78, 5) is 1.08. The second-order valence-corrected chi connectivity index (χ2v) is 5.11. The molecule has 1 rings (SSSR count). The second-order valence-electron chi connectivity index (χ2n) is 4.25. The van der Waals surface area contributed by atoms with Crippen LogP contribution in [0, 0.1) is 0 Å². The smallest absolute Gasteiger partial charge is 0.395 e. The van der Waals surface area contributed by atoms with E-state index in [9.17, 15) is 13.2 Å². The third-order valence-electron chi connectivity index (χ3n) is 2.58. The molecule has 1 atom stereocenters. The van der Waals surface area contributed by atoms with Crippen molar-refractivity contribution >= 4 is 21.6 Å². The van der Waals surface area contributed by atoms with Gasteiger partial charge in [0.1, 0.15) is 6.54 Å². The van der Waals surface area contributed by atoms with Crippen LogP contribution >= 0.6 is 15.9 Å². The first-order chi connectivity index (χ1) is 8.74. The van der Waals surface area contributed by atoms with E-state index in [0.29, 0.717) is 10.2 Å². The maximum Gasteiger partial charge on any atom is 0.405 e. The highest BCUT2D eigenvalue weighted by molar-refractivity contribution is 9.10. The summed E-state index contributed by atoms with van der Waals surface area (Å²) in [6, 6.07) is 4.63. The van der Waals surface area contributed by atoms with Gasteiger partial charge in [-0.05, 0) is 24.6 Å². The lowest BCUT2D eigenvalue weighted by Gasteiger charge is -2.26. The predicted octanol–water partition coefficient (Wildman–Crippen LogP) is 2.83. The molecule has 0 aromatic heterocycles. The van der Waals surface area contributed by atoms with Crippen LogP contribution in [-0.4, -0.2) is 31.0 Å². The summed E-state index contributed by atoms with van der Waals surface area (Å²) in [5.41, 5.74) is 6.95. The van der Waals surface area contributed by atoms with Gasteiger partial charge in [0.25, 0.3) is 0 Å². The van der Waals surface area contributed by atoms with Gasteiger partial charge in [-0.25, -0.2) is 0 Å². The number of nitrogens with two attached hydrogens (primary N) is 1. The molecule has 0 fully saturated rings. The maximum atomic E-state index is 12.5. The summed E-state index contributed by atoms with van der Waals surface area (Å²) < 4.78 is 38.1. The maximum absolute atomic E-state index is 12.5. The van der Waals surface area contributed by atoms with Gasteiger partial charge in [0.2, 0.25) is 0 Å². The largest absolute Gasteiger partial charge is 0.405 e. The van der Waals surface area contributed by atoms with Gasteiger partial charge in [-0.15, -0.1) is 0 Å². The van der Waals surface area contributed by atoms with E-state index in [1.54, 1.807) is 25.1 Å². The molecule has 0 aliphatic carbocycles. The second kappa shape index (κ2) is 6.58. The molecule has 0 unspecified atom stereocenters. The number of halogens is 4. The summed E-state index contributed by atoms with van der Waals surface area (Å²) in [6.45, 7) is 0.269. The van der Waals surface area contributed by atoms with Crippen LogP contribution in [0.2, 0.25) is 0 Å². The zero-order valence-corrected chi connectivity index (χ0v) is 12.0. The molecule has 0 aliphatic rings. The zero-order chi connectivity index (χ0) is 14.6. The number of rotatable bonds is 5. The number of hydrogen-bond donors (Lipinski definition) is 2. The van der Waals surface area contributed by atoms with E-state index in [1.807, 2.05) is 0 Å². The molecule has 108 valence electrons. The molecule has 1 aromatic carbocycles. The minimum absolute atomic E-state index is 0.0799. The number of hydrogen-bond acceptors (Lipinski definition) is 3. The topological polar surface area (TPSA) is 49.5 Å². The Bertz CT molecular complexity index is 424. The Labute approximate surface area is 118 Å². The summed E-state index contributed by atoms with van der Waals surface area (Å²) >= 11 is 3.30. The normalized spacial score (nSPS) is 13.4. The summed E-state index contributed by atoms with van der Waals surface area (Å²) in [7, 11) is 0. The lowest BCUT2D eigenvalue weighted by Crippen LogP contribution is -2.36. The van der Waals surface area contributed by atoms with E-state index >= 15 is 0 Å². The zero-order valence-electron chi connectivity index (χ0n) is 10.4. The van der Waals surface area contributed by atoms with Crippen LogP contribution in [0.1, 0.15) is 18.5 Å². The number of benzene rings is 1. The quantitative estimate of drug-likeness (QED) is 0.866.